The number of piperidine rings is 1. The van der Waals surface area contributed by atoms with Gasteiger partial charge in [0.15, 0.2) is 5.60 Å². The van der Waals surface area contributed by atoms with Crippen molar-refractivity contribution < 1.29 is 9.53 Å². The van der Waals surface area contributed by atoms with Crippen molar-refractivity contribution in [3.63, 3.8) is 0 Å². The lowest BCUT2D eigenvalue weighted by Crippen LogP contribution is -2.55. The van der Waals surface area contributed by atoms with Crippen LogP contribution in [0.2, 0.25) is 0 Å². The molecule has 3 atom stereocenters. The average Bonchev–Trinajstić information content (AvgIpc) is 2.91. The Morgan fingerprint density at radius 2 is 1.92 bits per heavy atom. The normalized spacial score (nSPS) is 36.2. The van der Waals surface area contributed by atoms with Crippen molar-refractivity contribution in [2.24, 2.45) is 5.92 Å². The van der Waals surface area contributed by atoms with Crippen LogP contribution in [0.15, 0.2) is 23.3 Å². The first kappa shape index (κ1) is 16.9. The fraction of sp³-hybridized carbons (Fsp3) is 0.682. The number of carbonyl (C=O) groups is 1. The highest BCUT2D eigenvalue weighted by Gasteiger charge is 2.51. The van der Waals surface area contributed by atoms with Gasteiger partial charge in [-0.15, -0.1) is 0 Å². The van der Waals surface area contributed by atoms with Crippen LogP contribution in [0.1, 0.15) is 65.2 Å². The van der Waals surface area contributed by atoms with Gasteiger partial charge in [0.1, 0.15) is 0 Å². The minimum atomic E-state index is -0.546. The Hall–Kier alpha value is -1.53. The van der Waals surface area contributed by atoms with E-state index in [0.717, 1.165) is 24.1 Å². The monoisotopic (exact) mass is 339 g/mol. The molecule has 0 unspecified atom stereocenters. The van der Waals surface area contributed by atoms with Crippen molar-refractivity contribution in [1.29, 1.82) is 0 Å². The average molecular weight is 339 g/mol. The second-order valence-electron chi connectivity index (χ2n) is 8.26. The van der Waals surface area contributed by atoms with Gasteiger partial charge in [-0.25, -0.2) is 4.79 Å². The molecule has 0 aromatic carbocycles. The Balaban J connectivity index is 1.71. The molecule has 0 bridgehead atoms. The van der Waals surface area contributed by atoms with Gasteiger partial charge >= 0.3 is 5.97 Å². The van der Waals surface area contributed by atoms with E-state index >= 15 is 0 Å². The third-order valence-corrected chi connectivity index (χ3v) is 6.53. The van der Waals surface area contributed by atoms with E-state index < -0.39 is 5.60 Å². The van der Waals surface area contributed by atoms with Gasteiger partial charge in [0.25, 0.3) is 0 Å². The lowest BCUT2D eigenvalue weighted by atomic mass is 9.81. The number of nitrogens with zero attached hydrogens (tertiary/aromatic N) is 1. The van der Waals surface area contributed by atoms with Crippen LogP contribution in [-0.4, -0.2) is 35.1 Å². The number of carbonyl (C=O) groups excluding carboxylic acids is 1. The van der Waals surface area contributed by atoms with Crippen molar-refractivity contribution in [3.05, 3.63) is 23.3 Å². The summed E-state index contributed by atoms with van der Waals surface area (Å²) in [5.41, 5.74) is 1.50. The molecule has 0 radical (unpaired) electrons. The zero-order valence-corrected chi connectivity index (χ0v) is 15.5. The molecule has 2 fully saturated rings. The van der Waals surface area contributed by atoms with E-state index in [1.54, 1.807) is 6.08 Å². The fourth-order valence-corrected chi connectivity index (χ4v) is 5.14. The molecule has 134 valence electrons. The molecule has 3 heteroatoms. The third-order valence-electron chi connectivity index (χ3n) is 6.53. The Labute approximate surface area is 151 Å². The highest BCUT2D eigenvalue weighted by molar-refractivity contribution is 5.89. The van der Waals surface area contributed by atoms with E-state index in [0.29, 0.717) is 12.0 Å². The topological polar surface area (TPSA) is 29.5 Å². The van der Waals surface area contributed by atoms with Crippen molar-refractivity contribution in [1.82, 2.24) is 4.90 Å². The molecule has 3 nitrogen and oxygen atoms in total. The molecular weight excluding hydrogens is 310 g/mol. The van der Waals surface area contributed by atoms with Crippen molar-refractivity contribution in [2.45, 2.75) is 82.9 Å². The van der Waals surface area contributed by atoms with Gasteiger partial charge in [-0.1, -0.05) is 43.6 Å². The molecule has 4 rings (SSSR count). The molecule has 0 aromatic rings. The van der Waals surface area contributed by atoms with Crippen LogP contribution < -0.4 is 0 Å². The minimum absolute atomic E-state index is 0.206. The number of rotatable bonds is 0. The van der Waals surface area contributed by atoms with Crippen LogP contribution >= 0.6 is 0 Å². The summed E-state index contributed by atoms with van der Waals surface area (Å²) in [6.07, 6.45) is 13.9. The van der Waals surface area contributed by atoms with Gasteiger partial charge in [-0.2, -0.15) is 0 Å². The molecule has 0 spiro atoms. The van der Waals surface area contributed by atoms with Gasteiger partial charge < -0.3 is 4.74 Å². The molecule has 0 N–H and O–H groups in total. The van der Waals surface area contributed by atoms with E-state index in [4.69, 9.17) is 4.74 Å². The Bertz CT molecular complexity index is 674. The predicted octanol–water partition coefficient (Wildman–Crippen LogP) is 4.00. The van der Waals surface area contributed by atoms with Gasteiger partial charge in [0, 0.05) is 29.2 Å². The molecule has 3 aliphatic heterocycles. The molecule has 1 saturated carbocycles. The summed E-state index contributed by atoms with van der Waals surface area (Å²) in [5, 5.41) is 0. The maximum absolute atomic E-state index is 12.1. The van der Waals surface area contributed by atoms with Crippen LogP contribution in [0, 0.1) is 17.8 Å². The van der Waals surface area contributed by atoms with Crippen molar-refractivity contribution >= 4 is 5.97 Å². The summed E-state index contributed by atoms with van der Waals surface area (Å²) in [6, 6.07) is 0.599. The van der Waals surface area contributed by atoms with Crippen LogP contribution in [0.3, 0.4) is 0 Å². The zero-order chi connectivity index (χ0) is 17.4. The van der Waals surface area contributed by atoms with Crippen LogP contribution in [0.5, 0.6) is 0 Å². The van der Waals surface area contributed by atoms with Crippen LogP contribution in [-0.2, 0) is 9.53 Å². The molecule has 3 heterocycles. The lowest BCUT2D eigenvalue weighted by Gasteiger charge is -2.45. The maximum atomic E-state index is 12.1. The van der Waals surface area contributed by atoms with E-state index in [1.807, 2.05) is 0 Å². The second kappa shape index (κ2) is 6.65. The smallest absolute Gasteiger partial charge is 0.332 e. The minimum Gasteiger partial charge on any atom is -0.450 e. The second-order valence-corrected chi connectivity index (χ2v) is 8.26. The molecule has 25 heavy (non-hydrogen) atoms. The van der Waals surface area contributed by atoms with Gasteiger partial charge in [-0.3, -0.25) is 4.90 Å². The summed E-state index contributed by atoms with van der Waals surface area (Å²) in [7, 11) is 0. The Kier molecular flexibility index (Phi) is 4.50. The molecule has 1 saturated heterocycles. The summed E-state index contributed by atoms with van der Waals surface area (Å²) >= 11 is 0. The first-order chi connectivity index (χ1) is 12.1. The van der Waals surface area contributed by atoms with E-state index in [2.05, 4.69) is 36.7 Å². The van der Waals surface area contributed by atoms with E-state index in [9.17, 15) is 4.79 Å². The van der Waals surface area contributed by atoms with Gasteiger partial charge in [0.05, 0.1) is 6.04 Å². The number of esters is 1. The molecule has 4 aliphatic rings. The Morgan fingerprint density at radius 1 is 1.16 bits per heavy atom. The SMILES string of the molecule is C[C@H]1C=C(C#CC2CCCCC2)C2=CC(=O)O[C@]2(C)[C@H]2CCCCN12. The lowest BCUT2D eigenvalue weighted by molar-refractivity contribution is -0.151. The maximum Gasteiger partial charge on any atom is 0.332 e. The Morgan fingerprint density at radius 3 is 2.72 bits per heavy atom. The standard InChI is InChI=1S/C22H29NO2/c1-16-14-18(12-11-17-8-4-3-5-9-17)19-15-21(24)25-22(19,2)20-10-6-7-13-23(16)20/h14-17,20H,3-10,13H2,1-2H3/t16-,20+,22-/m0/s1. The number of hydrogen-bond donors (Lipinski definition) is 0. The van der Waals surface area contributed by atoms with Gasteiger partial charge in [-0.05, 0) is 46.1 Å². The molecule has 0 amide bonds. The summed E-state index contributed by atoms with van der Waals surface area (Å²) in [5.74, 6) is 7.30. The highest BCUT2D eigenvalue weighted by Crippen LogP contribution is 2.44. The third kappa shape index (κ3) is 3.06. The van der Waals surface area contributed by atoms with Gasteiger partial charge in [0.2, 0.25) is 0 Å². The summed E-state index contributed by atoms with van der Waals surface area (Å²) < 4.78 is 5.89. The van der Waals surface area contributed by atoms with Crippen LogP contribution in [0.4, 0.5) is 0 Å². The number of ether oxygens (including phenoxy) is 1. The largest absolute Gasteiger partial charge is 0.450 e. The van der Waals surface area contributed by atoms with Crippen molar-refractivity contribution in [3.8, 4) is 11.8 Å². The van der Waals surface area contributed by atoms with E-state index in [-0.39, 0.29) is 12.0 Å². The van der Waals surface area contributed by atoms with Crippen molar-refractivity contribution in [2.75, 3.05) is 6.54 Å². The first-order valence-electron chi connectivity index (χ1n) is 10.0. The van der Waals surface area contributed by atoms with Crippen LogP contribution in [0.25, 0.3) is 0 Å². The summed E-state index contributed by atoms with van der Waals surface area (Å²) in [4.78, 5) is 14.7. The molecule has 0 aromatic heterocycles. The molecular formula is C22H29NO2. The highest BCUT2D eigenvalue weighted by atomic mass is 16.6. The quantitative estimate of drug-likeness (QED) is 0.493. The number of hydrogen-bond acceptors (Lipinski definition) is 3. The number of fused-ring (bicyclic) bond motifs is 3. The zero-order valence-electron chi connectivity index (χ0n) is 15.5. The predicted molar refractivity (Wildman–Crippen MR) is 98.8 cm³/mol. The fourth-order valence-electron chi connectivity index (χ4n) is 5.14. The van der Waals surface area contributed by atoms with E-state index in [1.165, 1.54) is 44.9 Å². The molecule has 1 aliphatic carbocycles. The first-order valence-corrected chi connectivity index (χ1v) is 10.0. The summed E-state index contributed by atoms with van der Waals surface area (Å²) in [6.45, 7) is 5.43.